The van der Waals surface area contributed by atoms with Gasteiger partial charge in [0.15, 0.2) is 0 Å². The number of nitrogens with zero attached hydrogens (tertiary/aromatic N) is 1. The van der Waals surface area contributed by atoms with Crippen molar-refractivity contribution in [3.8, 4) is 0 Å². The van der Waals surface area contributed by atoms with Crippen LogP contribution in [0, 0.1) is 0 Å². The first-order valence-electron chi connectivity index (χ1n) is 1.52. The van der Waals surface area contributed by atoms with E-state index in [4.69, 9.17) is 0 Å². The zero-order chi connectivity index (χ0) is 3.54. The summed E-state index contributed by atoms with van der Waals surface area (Å²) in [6.07, 6.45) is 7.28. The van der Waals surface area contributed by atoms with Crippen LogP contribution in [-0.4, -0.2) is 0 Å². The molecule has 0 aliphatic carbocycles. The molecule has 1 aliphatic rings. The van der Waals surface area contributed by atoms with E-state index in [0.717, 1.165) is 0 Å². The fraction of sp³-hybridized carbons (Fsp3) is 0. The van der Waals surface area contributed by atoms with Crippen molar-refractivity contribution in [2.45, 2.75) is 0 Å². The van der Waals surface area contributed by atoms with Crippen LogP contribution in [0.25, 0.3) is 0 Å². The van der Waals surface area contributed by atoms with Gasteiger partial charge in [-0.25, -0.2) is 0 Å². The van der Waals surface area contributed by atoms with Crippen LogP contribution in [0.5, 0.6) is 0 Å². The summed E-state index contributed by atoms with van der Waals surface area (Å²) in [6, 6.07) is 0. The summed E-state index contributed by atoms with van der Waals surface area (Å²) in [5, 5.41) is 3.72. The Bertz CT molecular complexity index is 65.6. The summed E-state index contributed by atoms with van der Waals surface area (Å²) in [5.41, 5.74) is 0. The molecule has 6 heavy (non-hydrogen) atoms. The summed E-state index contributed by atoms with van der Waals surface area (Å²) in [4.78, 5) is 0. The van der Waals surface area contributed by atoms with Gasteiger partial charge in [0.1, 0.15) is 0 Å². The van der Waals surface area contributed by atoms with Crippen molar-refractivity contribution in [3.05, 3.63) is 24.6 Å². The first kappa shape index (κ1) is 6.16. The second kappa shape index (κ2) is 3.36. The quantitative estimate of drug-likeness (QED) is 0.490. The van der Waals surface area contributed by atoms with Crippen molar-refractivity contribution in [1.82, 2.24) is 5.32 Å². The molecule has 1 rings (SSSR count). The number of allylic oxidation sites excluding steroid dienone is 2. The molecule has 0 aromatic carbocycles. The first-order valence-corrected chi connectivity index (χ1v) is 1.52. The van der Waals surface area contributed by atoms with Gasteiger partial charge in [-0.15, -0.1) is 0 Å². The fourth-order valence-electron chi connectivity index (χ4n) is 0.248. The van der Waals surface area contributed by atoms with Gasteiger partial charge in [0.05, 0.1) is 0 Å². The second-order valence-electron chi connectivity index (χ2n) is 0.832. The Hall–Kier alpha value is 0.163. The Kier molecular flexibility index (Phi) is 3.45. The molecule has 1 aliphatic heterocycles. The summed E-state index contributed by atoms with van der Waals surface area (Å²) in [5.74, 6) is 0. The van der Waals surface area contributed by atoms with Crippen molar-refractivity contribution in [1.29, 1.82) is 0 Å². The summed E-state index contributed by atoms with van der Waals surface area (Å²) in [7, 11) is 0. The van der Waals surface area contributed by atoms with E-state index in [0.29, 0.717) is 0 Å². The van der Waals surface area contributed by atoms with Gasteiger partial charge >= 0.3 is 0 Å². The predicted molar refractivity (Wildman–Crippen MR) is 20.4 cm³/mol. The maximum atomic E-state index is 3.72. The second-order valence-corrected chi connectivity index (χ2v) is 0.832. The molecule has 2 heteroatoms. The van der Waals surface area contributed by atoms with Crippen molar-refractivity contribution in [2.75, 3.05) is 0 Å². The smallest absolute Gasteiger partial charge is 0.0268 e. The molecule has 29 valence electrons. The molecule has 0 saturated carbocycles. The molecule has 1 nitrogen and oxygen atoms in total. The molecule has 0 aromatic rings. The average molecular weight is 157 g/mol. The van der Waals surface area contributed by atoms with E-state index in [1.165, 1.54) is 0 Å². The molecule has 0 amide bonds. The topological polar surface area (TPSA) is 14.1 Å². The third kappa shape index (κ3) is 1.56. The molecule has 0 saturated heterocycles. The first-order chi connectivity index (χ1) is 2.50. The van der Waals surface area contributed by atoms with Crippen molar-refractivity contribution in [2.24, 2.45) is 0 Å². The molecule has 1 radical (unpaired) electrons. The molecule has 1 heterocycles. The number of rotatable bonds is 0. The Labute approximate surface area is 56.2 Å². The van der Waals surface area contributed by atoms with Crippen LogP contribution in [0.4, 0.5) is 0 Å². The molecule has 0 fully saturated rings. The Balaban J connectivity index is 0.000000250. The van der Waals surface area contributed by atoms with Gasteiger partial charge in [0.25, 0.3) is 0 Å². The van der Waals surface area contributed by atoms with Gasteiger partial charge in [-0.2, -0.15) is 0 Å². The minimum Gasteiger partial charge on any atom is -0.265 e. The van der Waals surface area contributed by atoms with Crippen LogP contribution < -0.4 is 5.32 Å². The molecule has 0 spiro atoms. The molecule has 0 N–H and O–H groups in total. The van der Waals surface area contributed by atoms with Crippen LogP contribution in [0.2, 0.25) is 0 Å². The SMILES string of the molecule is C1=C[N]C=C1.[Zr]. The van der Waals surface area contributed by atoms with Crippen LogP contribution in [0.15, 0.2) is 24.6 Å². The Morgan fingerprint density at radius 1 is 1.00 bits per heavy atom. The standard InChI is InChI=1S/C4H4N.Zr/c1-2-4-5-3-1;/h1-4H;. The third-order valence-corrected chi connectivity index (χ3v) is 0.455. The Morgan fingerprint density at radius 2 is 1.50 bits per heavy atom. The number of hydrogen-bond donors (Lipinski definition) is 0. The van der Waals surface area contributed by atoms with Gasteiger partial charge in [-0.05, 0) is 12.2 Å². The molecule has 0 atom stereocenters. The minimum atomic E-state index is 0. The van der Waals surface area contributed by atoms with E-state index in [-0.39, 0.29) is 26.2 Å². The van der Waals surface area contributed by atoms with Gasteiger partial charge in [-0.1, -0.05) is 0 Å². The van der Waals surface area contributed by atoms with E-state index < -0.39 is 0 Å². The van der Waals surface area contributed by atoms with Gasteiger partial charge in [0, 0.05) is 38.6 Å². The molecular weight excluding hydrogens is 153 g/mol. The monoisotopic (exact) mass is 156 g/mol. The largest absolute Gasteiger partial charge is 0.265 e. The van der Waals surface area contributed by atoms with Crippen LogP contribution in [0.3, 0.4) is 0 Å². The normalized spacial score (nSPS) is 13.3. The van der Waals surface area contributed by atoms with Gasteiger partial charge in [0.2, 0.25) is 0 Å². The van der Waals surface area contributed by atoms with E-state index in [1.54, 1.807) is 12.4 Å². The summed E-state index contributed by atoms with van der Waals surface area (Å²) in [6.45, 7) is 0. The minimum absolute atomic E-state index is 0. The zero-order valence-electron chi connectivity index (χ0n) is 3.26. The average Bonchev–Trinajstić information content (AvgIpc) is 1.76. The van der Waals surface area contributed by atoms with E-state index in [2.05, 4.69) is 5.32 Å². The van der Waals surface area contributed by atoms with E-state index in [1.807, 2.05) is 12.2 Å². The molecular formula is C4H4NZr. The van der Waals surface area contributed by atoms with E-state index in [9.17, 15) is 0 Å². The van der Waals surface area contributed by atoms with Crippen molar-refractivity contribution >= 4 is 0 Å². The van der Waals surface area contributed by atoms with Gasteiger partial charge < -0.3 is 0 Å². The van der Waals surface area contributed by atoms with Crippen LogP contribution >= 0.6 is 0 Å². The maximum Gasteiger partial charge on any atom is 0.0268 e. The van der Waals surface area contributed by atoms with Gasteiger partial charge in [-0.3, -0.25) is 5.32 Å². The molecule has 0 bridgehead atoms. The number of hydrogen-bond acceptors (Lipinski definition) is 0. The molecule has 0 unspecified atom stereocenters. The maximum absolute atomic E-state index is 3.72. The van der Waals surface area contributed by atoms with Crippen molar-refractivity contribution in [3.63, 3.8) is 0 Å². The Morgan fingerprint density at radius 3 is 1.67 bits per heavy atom. The predicted octanol–water partition coefficient (Wildman–Crippen LogP) is 0.629. The summed E-state index contributed by atoms with van der Waals surface area (Å²) >= 11 is 0. The van der Waals surface area contributed by atoms with Crippen molar-refractivity contribution < 1.29 is 26.2 Å². The van der Waals surface area contributed by atoms with Crippen LogP contribution in [0.1, 0.15) is 0 Å². The molecule has 0 aromatic heterocycles. The third-order valence-electron chi connectivity index (χ3n) is 0.455. The summed E-state index contributed by atoms with van der Waals surface area (Å²) < 4.78 is 0. The fourth-order valence-corrected chi connectivity index (χ4v) is 0.248. The van der Waals surface area contributed by atoms with E-state index >= 15 is 0 Å². The van der Waals surface area contributed by atoms with Crippen LogP contribution in [-0.2, 0) is 26.2 Å². The zero-order valence-corrected chi connectivity index (χ0v) is 5.71.